The molecule has 0 bridgehead atoms. The summed E-state index contributed by atoms with van der Waals surface area (Å²) in [6.45, 7) is 1.43. The van der Waals surface area contributed by atoms with Gasteiger partial charge in [-0.1, -0.05) is 11.8 Å². The summed E-state index contributed by atoms with van der Waals surface area (Å²) in [4.78, 5) is 22.1. The summed E-state index contributed by atoms with van der Waals surface area (Å²) in [6.07, 6.45) is 3.90. The van der Waals surface area contributed by atoms with Crippen LogP contribution in [0, 0.1) is 0 Å². The van der Waals surface area contributed by atoms with E-state index in [2.05, 4.69) is 15.5 Å². The van der Waals surface area contributed by atoms with Crippen molar-refractivity contribution >= 4 is 23.6 Å². The largest absolute Gasteiger partial charge is 0.480 e. The van der Waals surface area contributed by atoms with Gasteiger partial charge in [0.05, 0.1) is 5.75 Å². The maximum absolute atomic E-state index is 11.5. The van der Waals surface area contributed by atoms with E-state index in [4.69, 9.17) is 5.11 Å². The molecule has 0 aliphatic heterocycles. The first-order valence-electron chi connectivity index (χ1n) is 5.62. The Morgan fingerprint density at radius 1 is 1.67 bits per heavy atom. The lowest BCUT2D eigenvalue weighted by atomic mass is 10.3. The molecule has 7 nitrogen and oxygen atoms in total. The van der Waals surface area contributed by atoms with Crippen LogP contribution in [0.15, 0.2) is 11.5 Å². The summed E-state index contributed by atoms with van der Waals surface area (Å²) in [5.74, 6) is -1.22. The molecule has 98 valence electrons. The van der Waals surface area contributed by atoms with Crippen molar-refractivity contribution in [3.05, 3.63) is 6.33 Å². The van der Waals surface area contributed by atoms with E-state index in [-0.39, 0.29) is 11.7 Å². The number of hydrogen-bond acceptors (Lipinski definition) is 5. The fourth-order valence-corrected chi connectivity index (χ4v) is 2.21. The zero-order valence-electron chi connectivity index (χ0n) is 9.87. The summed E-state index contributed by atoms with van der Waals surface area (Å²) in [5, 5.41) is 19.5. The third-order valence-electron chi connectivity index (χ3n) is 2.56. The molecule has 1 fully saturated rings. The lowest BCUT2D eigenvalue weighted by Crippen LogP contribution is -2.39. The Kier molecular flexibility index (Phi) is 3.85. The molecule has 18 heavy (non-hydrogen) atoms. The van der Waals surface area contributed by atoms with Gasteiger partial charge in [-0.05, 0) is 19.8 Å². The fourth-order valence-electron chi connectivity index (χ4n) is 1.41. The number of carboxylic acids is 1. The van der Waals surface area contributed by atoms with E-state index in [9.17, 15) is 9.59 Å². The fraction of sp³-hybridized carbons (Fsp3) is 0.600. The van der Waals surface area contributed by atoms with Gasteiger partial charge in [0.25, 0.3) is 0 Å². The minimum absolute atomic E-state index is 0.142. The highest BCUT2D eigenvalue weighted by molar-refractivity contribution is 7.99. The number of carbonyl (C=O) groups is 2. The van der Waals surface area contributed by atoms with Crippen molar-refractivity contribution in [1.82, 2.24) is 20.1 Å². The predicted molar refractivity (Wildman–Crippen MR) is 64.3 cm³/mol. The molecule has 1 saturated carbocycles. The molecule has 1 aromatic heterocycles. The molecule has 1 aromatic rings. The van der Waals surface area contributed by atoms with Crippen LogP contribution in [-0.2, 0) is 9.59 Å². The van der Waals surface area contributed by atoms with Gasteiger partial charge in [-0.15, -0.1) is 10.2 Å². The Morgan fingerprint density at radius 3 is 3.00 bits per heavy atom. The van der Waals surface area contributed by atoms with E-state index in [0.29, 0.717) is 11.2 Å². The number of thioether (sulfide) groups is 1. The normalized spacial score (nSPS) is 16.3. The van der Waals surface area contributed by atoms with E-state index in [0.717, 1.165) is 12.8 Å². The SMILES string of the molecule is C[C@H](NC(=O)CSc1nncn1C1CC1)C(=O)O. The van der Waals surface area contributed by atoms with Crippen molar-refractivity contribution in [2.75, 3.05) is 5.75 Å². The average Bonchev–Trinajstić information content (AvgIpc) is 3.05. The van der Waals surface area contributed by atoms with Gasteiger partial charge in [0, 0.05) is 6.04 Å². The number of amides is 1. The third-order valence-corrected chi connectivity index (χ3v) is 3.52. The number of aliphatic carboxylic acids is 1. The van der Waals surface area contributed by atoms with Crippen LogP contribution < -0.4 is 5.32 Å². The van der Waals surface area contributed by atoms with Gasteiger partial charge in [0.15, 0.2) is 5.16 Å². The first-order valence-corrected chi connectivity index (χ1v) is 6.61. The van der Waals surface area contributed by atoms with E-state index >= 15 is 0 Å². The molecule has 1 amide bonds. The maximum Gasteiger partial charge on any atom is 0.325 e. The second-order valence-electron chi connectivity index (χ2n) is 4.17. The molecule has 8 heteroatoms. The van der Waals surface area contributed by atoms with E-state index < -0.39 is 12.0 Å². The molecule has 1 aliphatic rings. The van der Waals surface area contributed by atoms with E-state index in [1.54, 1.807) is 6.33 Å². The Bertz CT molecular complexity index is 458. The topological polar surface area (TPSA) is 97.1 Å². The average molecular weight is 270 g/mol. The molecule has 1 aliphatic carbocycles. The Morgan fingerprint density at radius 2 is 2.39 bits per heavy atom. The van der Waals surface area contributed by atoms with Crippen LogP contribution in [0.1, 0.15) is 25.8 Å². The van der Waals surface area contributed by atoms with Gasteiger partial charge in [0.1, 0.15) is 12.4 Å². The number of nitrogens with one attached hydrogen (secondary N) is 1. The minimum Gasteiger partial charge on any atom is -0.480 e. The monoisotopic (exact) mass is 270 g/mol. The molecular formula is C10H14N4O3S. The molecule has 0 aromatic carbocycles. The number of carbonyl (C=O) groups excluding carboxylic acids is 1. The number of aromatic nitrogens is 3. The summed E-state index contributed by atoms with van der Waals surface area (Å²) in [6, 6.07) is -0.414. The first kappa shape index (κ1) is 12.9. The summed E-state index contributed by atoms with van der Waals surface area (Å²) >= 11 is 1.27. The Hall–Kier alpha value is -1.57. The van der Waals surface area contributed by atoms with Crippen molar-refractivity contribution in [3.63, 3.8) is 0 Å². The van der Waals surface area contributed by atoms with Gasteiger partial charge in [-0.3, -0.25) is 9.59 Å². The number of carboxylic acid groups (broad SMARTS) is 1. The molecular weight excluding hydrogens is 256 g/mol. The van der Waals surface area contributed by atoms with Crippen LogP contribution in [-0.4, -0.2) is 43.5 Å². The standard InChI is InChI=1S/C10H14N4O3S/c1-6(9(16)17)12-8(15)4-18-10-13-11-5-14(10)7-2-3-7/h5-7H,2-4H2,1H3,(H,12,15)(H,16,17)/t6-/m0/s1. The Balaban J connectivity index is 1.82. The van der Waals surface area contributed by atoms with Crippen molar-refractivity contribution < 1.29 is 14.7 Å². The van der Waals surface area contributed by atoms with Crippen LogP contribution in [0.3, 0.4) is 0 Å². The van der Waals surface area contributed by atoms with Gasteiger partial charge >= 0.3 is 5.97 Å². The summed E-state index contributed by atoms with van der Waals surface area (Å²) in [7, 11) is 0. The highest BCUT2D eigenvalue weighted by atomic mass is 32.2. The zero-order valence-corrected chi connectivity index (χ0v) is 10.7. The predicted octanol–water partition coefficient (Wildman–Crippen LogP) is 0.294. The number of nitrogens with zero attached hydrogens (tertiary/aromatic N) is 3. The zero-order chi connectivity index (χ0) is 13.1. The summed E-state index contributed by atoms with van der Waals surface area (Å²) in [5.41, 5.74) is 0. The first-order chi connectivity index (χ1) is 8.58. The van der Waals surface area contributed by atoms with E-state index in [1.165, 1.54) is 18.7 Å². The van der Waals surface area contributed by atoms with Gasteiger partial charge in [-0.2, -0.15) is 0 Å². The maximum atomic E-state index is 11.5. The van der Waals surface area contributed by atoms with Crippen molar-refractivity contribution in [2.45, 2.75) is 37.0 Å². The third kappa shape index (κ3) is 3.22. The van der Waals surface area contributed by atoms with Crippen molar-refractivity contribution in [1.29, 1.82) is 0 Å². The molecule has 0 spiro atoms. The summed E-state index contributed by atoms with van der Waals surface area (Å²) < 4.78 is 1.96. The second-order valence-corrected chi connectivity index (χ2v) is 5.11. The van der Waals surface area contributed by atoms with Gasteiger partial charge in [0.2, 0.25) is 5.91 Å². The van der Waals surface area contributed by atoms with Crippen LogP contribution >= 0.6 is 11.8 Å². The molecule has 2 N–H and O–H groups in total. The van der Waals surface area contributed by atoms with Crippen LogP contribution in [0.4, 0.5) is 0 Å². The van der Waals surface area contributed by atoms with Crippen molar-refractivity contribution in [2.24, 2.45) is 0 Å². The molecule has 1 heterocycles. The molecule has 0 unspecified atom stereocenters. The smallest absolute Gasteiger partial charge is 0.325 e. The molecule has 2 rings (SSSR count). The number of rotatable bonds is 6. The van der Waals surface area contributed by atoms with Crippen molar-refractivity contribution in [3.8, 4) is 0 Å². The quantitative estimate of drug-likeness (QED) is 0.721. The number of hydrogen-bond donors (Lipinski definition) is 2. The molecule has 0 radical (unpaired) electrons. The highest BCUT2D eigenvalue weighted by Crippen LogP contribution is 2.37. The lowest BCUT2D eigenvalue weighted by molar-refractivity contribution is -0.140. The highest BCUT2D eigenvalue weighted by Gasteiger charge is 2.26. The van der Waals surface area contributed by atoms with E-state index in [1.807, 2.05) is 4.57 Å². The molecule has 0 saturated heterocycles. The van der Waals surface area contributed by atoms with Gasteiger partial charge in [-0.25, -0.2) is 0 Å². The molecule has 1 atom stereocenters. The van der Waals surface area contributed by atoms with Crippen LogP contribution in [0.5, 0.6) is 0 Å². The van der Waals surface area contributed by atoms with Crippen LogP contribution in [0.2, 0.25) is 0 Å². The minimum atomic E-state index is -1.05. The van der Waals surface area contributed by atoms with Crippen LogP contribution in [0.25, 0.3) is 0 Å². The Labute approximate surface area is 108 Å². The lowest BCUT2D eigenvalue weighted by Gasteiger charge is -2.08. The van der Waals surface area contributed by atoms with Gasteiger partial charge < -0.3 is 15.0 Å². The second kappa shape index (κ2) is 5.38.